The lowest BCUT2D eigenvalue weighted by Crippen LogP contribution is -2.42. The van der Waals surface area contributed by atoms with Gasteiger partial charge in [0.25, 0.3) is 0 Å². The Bertz CT molecular complexity index is 1320. The smallest absolute Gasteiger partial charge is 0.410 e. The van der Waals surface area contributed by atoms with Gasteiger partial charge in [0, 0.05) is 42.7 Å². The summed E-state index contributed by atoms with van der Waals surface area (Å²) in [7, 11) is -2.36. The molecule has 2 aromatic rings. The summed E-state index contributed by atoms with van der Waals surface area (Å²) in [6, 6.07) is 8.48. The molecule has 11 heteroatoms. The molecule has 0 N–H and O–H groups in total. The Hall–Kier alpha value is -2.40. The lowest BCUT2D eigenvalue weighted by Gasteiger charge is -2.26. The van der Waals surface area contributed by atoms with Crippen LogP contribution in [0.3, 0.4) is 0 Å². The van der Waals surface area contributed by atoms with Gasteiger partial charge < -0.3 is 14.5 Å². The van der Waals surface area contributed by atoms with E-state index in [9.17, 15) is 18.0 Å². The Morgan fingerprint density at radius 3 is 2.62 bits per heavy atom. The minimum absolute atomic E-state index is 0.248. The van der Waals surface area contributed by atoms with Crippen molar-refractivity contribution in [2.45, 2.75) is 58.2 Å². The number of benzene rings is 1. The highest BCUT2D eigenvalue weighted by atomic mass is 35.5. The highest BCUT2D eigenvalue weighted by molar-refractivity contribution is 7.92. The predicted molar refractivity (Wildman–Crippen MR) is 147 cm³/mol. The number of sulfonamides is 1. The van der Waals surface area contributed by atoms with Crippen LogP contribution in [0.5, 0.6) is 0 Å². The summed E-state index contributed by atoms with van der Waals surface area (Å²) in [5.74, 6) is -0.248. The number of hydrogen-bond acceptors (Lipinski definition) is 6. The molecule has 2 amide bonds. The third-order valence-electron chi connectivity index (χ3n) is 6.40. The number of ether oxygens (including phenoxy) is 1. The molecule has 2 aliphatic heterocycles. The fourth-order valence-electron chi connectivity index (χ4n) is 4.50. The Kier molecular flexibility index (Phi) is 8.04. The van der Waals surface area contributed by atoms with Crippen LogP contribution in [-0.4, -0.2) is 61.4 Å². The van der Waals surface area contributed by atoms with Crippen LogP contribution in [0.2, 0.25) is 4.34 Å². The lowest BCUT2D eigenvalue weighted by atomic mass is 10.0. The topological polar surface area (TPSA) is 87.2 Å². The van der Waals surface area contributed by atoms with Gasteiger partial charge in [-0.2, -0.15) is 4.31 Å². The molecule has 1 atom stereocenters. The van der Waals surface area contributed by atoms with E-state index in [1.165, 1.54) is 24.5 Å². The molecule has 1 aromatic carbocycles. The number of aryl methyl sites for hydroxylation is 1. The van der Waals surface area contributed by atoms with Crippen molar-refractivity contribution in [3.8, 4) is 0 Å². The number of likely N-dealkylation sites (N-methyl/N-ethyl adjacent to an activating group) is 1. The molecule has 200 valence electrons. The second kappa shape index (κ2) is 10.8. The van der Waals surface area contributed by atoms with Crippen LogP contribution in [0.15, 0.2) is 35.7 Å². The number of amides is 2. The highest BCUT2D eigenvalue weighted by Crippen LogP contribution is 2.30. The van der Waals surface area contributed by atoms with Gasteiger partial charge in [0.05, 0.1) is 4.34 Å². The number of carbonyl (C=O) groups is 2. The molecule has 3 heterocycles. The SMILES string of the molecule is CN([C@H]1CCN(c2ccc3c(c2)CCCN(C(=O)OC(C)(C)C)C3)C1=O)S(=O)(=O)C=Cc1ccc(Cl)s1. The quantitative estimate of drug-likeness (QED) is 0.502. The number of nitrogens with zero attached hydrogens (tertiary/aromatic N) is 3. The average Bonchev–Trinajstić information content (AvgIpc) is 3.33. The van der Waals surface area contributed by atoms with Gasteiger partial charge in [-0.3, -0.25) is 4.79 Å². The first-order chi connectivity index (χ1) is 17.3. The van der Waals surface area contributed by atoms with Crippen LogP contribution in [0.1, 0.15) is 49.6 Å². The largest absolute Gasteiger partial charge is 0.444 e. The number of anilines is 1. The molecule has 0 radical (unpaired) electrons. The van der Waals surface area contributed by atoms with Crippen LogP contribution in [0.4, 0.5) is 10.5 Å². The van der Waals surface area contributed by atoms with Crippen LogP contribution >= 0.6 is 22.9 Å². The van der Waals surface area contributed by atoms with E-state index in [4.69, 9.17) is 16.3 Å². The molecule has 1 aromatic heterocycles. The molecule has 2 aliphatic rings. The number of halogens is 1. The first kappa shape index (κ1) is 27.6. The standard InChI is InChI=1S/C26H32ClN3O5S2/c1-26(2,3)35-25(32)29-13-5-6-18-16-20(8-7-19(18)17-29)30-14-11-22(24(30)31)28(4)37(33,34)15-12-21-9-10-23(27)36-21/h7-10,12,15-16,22H,5-6,11,13-14,17H2,1-4H3/t22-/m0/s1. The second-order valence-corrected chi connectivity index (χ2v) is 13.9. The Labute approximate surface area is 227 Å². The maximum atomic E-state index is 13.3. The van der Waals surface area contributed by atoms with Crippen LogP contribution in [0, 0.1) is 0 Å². The monoisotopic (exact) mass is 565 g/mol. The summed E-state index contributed by atoms with van der Waals surface area (Å²) >= 11 is 7.20. The van der Waals surface area contributed by atoms with Gasteiger partial charge in [0.1, 0.15) is 11.6 Å². The zero-order valence-electron chi connectivity index (χ0n) is 21.4. The van der Waals surface area contributed by atoms with Gasteiger partial charge >= 0.3 is 6.09 Å². The number of fused-ring (bicyclic) bond motifs is 1. The van der Waals surface area contributed by atoms with Crippen molar-refractivity contribution in [2.75, 3.05) is 25.0 Å². The number of carbonyl (C=O) groups excluding carboxylic acids is 2. The van der Waals surface area contributed by atoms with Crippen LogP contribution in [0.25, 0.3) is 6.08 Å². The first-order valence-corrected chi connectivity index (χ1v) is 14.9. The van der Waals surface area contributed by atoms with Gasteiger partial charge in [0.2, 0.25) is 15.9 Å². The Morgan fingerprint density at radius 1 is 1.19 bits per heavy atom. The molecular formula is C26H32ClN3O5S2. The third kappa shape index (κ3) is 6.54. The van der Waals surface area contributed by atoms with E-state index in [0.717, 1.165) is 44.2 Å². The van der Waals surface area contributed by atoms with Crippen molar-refractivity contribution >= 4 is 56.7 Å². The fourth-order valence-corrected chi connectivity index (χ4v) is 6.61. The maximum Gasteiger partial charge on any atom is 0.410 e. The summed E-state index contributed by atoms with van der Waals surface area (Å²) in [5, 5.41) is 1.11. The van der Waals surface area contributed by atoms with Crippen molar-refractivity contribution in [1.82, 2.24) is 9.21 Å². The van der Waals surface area contributed by atoms with Crippen molar-refractivity contribution in [1.29, 1.82) is 0 Å². The van der Waals surface area contributed by atoms with E-state index < -0.39 is 21.7 Å². The molecule has 0 unspecified atom stereocenters. The van der Waals surface area contributed by atoms with Gasteiger partial charge in [-0.05, 0) is 81.5 Å². The Morgan fingerprint density at radius 2 is 1.95 bits per heavy atom. The van der Waals surface area contributed by atoms with Gasteiger partial charge in [-0.15, -0.1) is 11.3 Å². The molecule has 1 fully saturated rings. The van der Waals surface area contributed by atoms with E-state index in [2.05, 4.69) is 0 Å². The van der Waals surface area contributed by atoms with Gasteiger partial charge in [-0.1, -0.05) is 17.7 Å². The molecule has 8 nitrogen and oxygen atoms in total. The predicted octanol–water partition coefficient (Wildman–Crippen LogP) is 5.12. The molecule has 4 rings (SSSR count). The van der Waals surface area contributed by atoms with Crippen molar-refractivity contribution in [3.05, 3.63) is 56.1 Å². The minimum atomic E-state index is -3.80. The zero-order valence-corrected chi connectivity index (χ0v) is 23.8. The van der Waals surface area contributed by atoms with Gasteiger partial charge in [-0.25, -0.2) is 13.2 Å². The fraction of sp³-hybridized carbons (Fsp3) is 0.462. The molecule has 37 heavy (non-hydrogen) atoms. The van der Waals surface area contributed by atoms with Crippen molar-refractivity contribution in [2.24, 2.45) is 0 Å². The molecule has 0 saturated carbocycles. The zero-order chi connectivity index (χ0) is 27.0. The molecule has 1 saturated heterocycles. The lowest BCUT2D eigenvalue weighted by molar-refractivity contribution is -0.120. The average molecular weight is 566 g/mol. The molecule has 0 aliphatic carbocycles. The van der Waals surface area contributed by atoms with E-state index in [1.807, 2.05) is 39.0 Å². The highest BCUT2D eigenvalue weighted by Gasteiger charge is 2.39. The first-order valence-electron chi connectivity index (χ1n) is 12.2. The number of thiophene rings is 1. The van der Waals surface area contributed by atoms with Crippen molar-refractivity contribution < 1.29 is 22.7 Å². The summed E-state index contributed by atoms with van der Waals surface area (Å²) < 4.78 is 33.0. The summed E-state index contributed by atoms with van der Waals surface area (Å²) in [6.45, 7) is 7.02. The van der Waals surface area contributed by atoms with E-state index in [0.29, 0.717) is 30.4 Å². The maximum absolute atomic E-state index is 13.3. The third-order valence-corrected chi connectivity index (χ3v) is 9.14. The molecule has 0 bridgehead atoms. The Balaban J connectivity index is 1.46. The minimum Gasteiger partial charge on any atom is -0.444 e. The summed E-state index contributed by atoms with van der Waals surface area (Å²) in [6.07, 6.45) is 3.13. The number of hydrogen-bond donors (Lipinski definition) is 0. The normalized spacial score (nSPS) is 19.0. The van der Waals surface area contributed by atoms with E-state index in [-0.39, 0.29) is 12.0 Å². The van der Waals surface area contributed by atoms with Gasteiger partial charge in [0.15, 0.2) is 0 Å². The summed E-state index contributed by atoms with van der Waals surface area (Å²) in [5.41, 5.74) is 2.29. The van der Waals surface area contributed by atoms with Crippen molar-refractivity contribution in [3.63, 3.8) is 0 Å². The van der Waals surface area contributed by atoms with Crippen LogP contribution in [-0.2, 0) is 32.5 Å². The van der Waals surface area contributed by atoms with E-state index >= 15 is 0 Å². The second-order valence-electron chi connectivity index (χ2n) is 10.3. The molecular weight excluding hydrogens is 534 g/mol. The van der Waals surface area contributed by atoms with E-state index in [1.54, 1.807) is 21.9 Å². The molecule has 0 spiro atoms. The number of rotatable bonds is 5. The van der Waals surface area contributed by atoms with Crippen LogP contribution < -0.4 is 4.90 Å². The summed E-state index contributed by atoms with van der Waals surface area (Å²) in [4.78, 5) is 30.0.